The first-order valence-electron chi connectivity index (χ1n) is 5.33. The number of nitrogens with two attached hydrogens (primary N) is 1. The second kappa shape index (κ2) is 4.62. The molecule has 0 aromatic carbocycles. The Morgan fingerprint density at radius 2 is 1.95 bits per heavy atom. The van der Waals surface area contributed by atoms with Gasteiger partial charge in [-0.3, -0.25) is 4.72 Å². The lowest BCUT2D eigenvalue weighted by molar-refractivity contribution is 0.303. The van der Waals surface area contributed by atoms with Crippen LogP contribution in [0.25, 0.3) is 0 Å². The molecule has 0 bridgehead atoms. The number of hydrogen-bond donors (Lipinski definition) is 2. The number of hydrogen-bond acceptors (Lipinski definition) is 6. The summed E-state index contributed by atoms with van der Waals surface area (Å²) in [5, 5.41) is 4.52. The molecule has 1 fully saturated rings. The average Bonchev–Trinajstić information content (AvgIpc) is 3.00. The second-order valence-corrected chi connectivity index (χ2v) is 7.49. The largest absolute Gasteiger partial charge is 0.487 e. The molecule has 1 saturated carbocycles. The van der Waals surface area contributed by atoms with E-state index in [1.807, 2.05) is 0 Å². The molecule has 0 atom stereocenters. The number of rotatable bonds is 5. The fourth-order valence-electron chi connectivity index (χ4n) is 1.30. The van der Waals surface area contributed by atoms with Crippen LogP contribution in [0.15, 0.2) is 17.2 Å². The number of pyridine rings is 1. The lowest BCUT2D eigenvalue weighted by Gasteiger charge is -2.11. The van der Waals surface area contributed by atoms with Gasteiger partial charge in [-0.05, 0) is 25.0 Å². The van der Waals surface area contributed by atoms with Gasteiger partial charge in [-0.25, -0.2) is 27.0 Å². The lowest BCUT2D eigenvalue weighted by atomic mass is 10.4. The summed E-state index contributed by atoms with van der Waals surface area (Å²) in [5.74, 6) is 0.00116. The van der Waals surface area contributed by atoms with Crippen LogP contribution in [0.4, 0.5) is 5.82 Å². The molecule has 1 aromatic rings. The Morgan fingerprint density at radius 3 is 2.42 bits per heavy atom. The highest BCUT2D eigenvalue weighted by atomic mass is 32.2. The number of primary sulfonamides is 1. The van der Waals surface area contributed by atoms with E-state index in [2.05, 4.69) is 9.71 Å². The molecular weight excluding hydrogens is 294 g/mol. The highest BCUT2D eigenvalue weighted by Gasteiger charge is 2.26. The van der Waals surface area contributed by atoms with Gasteiger partial charge in [0.15, 0.2) is 16.6 Å². The van der Waals surface area contributed by atoms with E-state index in [1.165, 1.54) is 12.1 Å². The number of aromatic nitrogens is 1. The van der Waals surface area contributed by atoms with Crippen molar-refractivity contribution in [1.29, 1.82) is 0 Å². The third-order valence-corrected chi connectivity index (χ3v) is 3.60. The van der Waals surface area contributed by atoms with Crippen LogP contribution in [-0.2, 0) is 20.0 Å². The predicted molar refractivity (Wildman–Crippen MR) is 67.7 cm³/mol. The van der Waals surface area contributed by atoms with Gasteiger partial charge in [0.2, 0.25) is 10.0 Å². The average molecular weight is 307 g/mol. The molecule has 1 aromatic heterocycles. The quantitative estimate of drug-likeness (QED) is 0.764. The molecule has 3 N–H and O–H groups in total. The van der Waals surface area contributed by atoms with E-state index in [-0.39, 0.29) is 17.7 Å². The van der Waals surface area contributed by atoms with Gasteiger partial charge in [0, 0.05) is 0 Å². The van der Waals surface area contributed by atoms with Gasteiger partial charge < -0.3 is 4.74 Å². The lowest BCUT2D eigenvalue weighted by Crippen LogP contribution is -2.17. The van der Waals surface area contributed by atoms with Crippen molar-refractivity contribution in [3.8, 4) is 5.75 Å². The topological polar surface area (TPSA) is 128 Å². The molecule has 0 unspecified atom stereocenters. The van der Waals surface area contributed by atoms with Crippen LogP contribution in [0.3, 0.4) is 0 Å². The third kappa shape index (κ3) is 4.04. The van der Waals surface area contributed by atoms with Gasteiger partial charge in [-0.2, -0.15) is 0 Å². The summed E-state index contributed by atoms with van der Waals surface area (Å²) in [7, 11) is -7.62. The fraction of sp³-hybridized carbons (Fsp3) is 0.444. The predicted octanol–water partition coefficient (Wildman–Crippen LogP) is -0.358. The highest BCUT2D eigenvalue weighted by molar-refractivity contribution is 7.92. The smallest absolute Gasteiger partial charge is 0.255 e. The summed E-state index contributed by atoms with van der Waals surface area (Å²) < 4.78 is 52.4. The molecule has 0 saturated heterocycles. The van der Waals surface area contributed by atoms with Crippen LogP contribution < -0.4 is 14.6 Å². The Hall–Kier alpha value is -1.39. The summed E-state index contributed by atoms with van der Waals surface area (Å²) in [6, 6.07) is 2.50. The molecule has 19 heavy (non-hydrogen) atoms. The first-order chi connectivity index (χ1) is 8.65. The molecule has 0 aliphatic heterocycles. The molecular formula is C9H13N3O5S2. The van der Waals surface area contributed by atoms with Crippen LogP contribution in [0, 0.1) is 0 Å². The number of sulfonamides is 2. The Balaban J connectivity index is 2.42. The van der Waals surface area contributed by atoms with E-state index in [4.69, 9.17) is 9.88 Å². The molecule has 8 nitrogen and oxygen atoms in total. The number of anilines is 1. The van der Waals surface area contributed by atoms with Crippen molar-refractivity contribution in [3.05, 3.63) is 12.1 Å². The number of ether oxygens (including phenoxy) is 1. The maximum atomic E-state index is 11.2. The summed E-state index contributed by atoms with van der Waals surface area (Å²) in [5.41, 5.74) is 0. The summed E-state index contributed by atoms with van der Waals surface area (Å²) in [6.45, 7) is 0. The van der Waals surface area contributed by atoms with Gasteiger partial charge in [0.1, 0.15) is 0 Å². The second-order valence-electron chi connectivity index (χ2n) is 4.23. The molecule has 0 radical (unpaired) electrons. The van der Waals surface area contributed by atoms with E-state index < -0.39 is 25.1 Å². The van der Waals surface area contributed by atoms with E-state index in [0.717, 1.165) is 19.1 Å². The summed E-state index contributed by atoms with van der Waals surface area (Å²) >= 11 is 0. The number of nitrogens with zero attached hydrogens (tertiary/aromatic N) is 1. The minimum absolute atomic E-state index is 0.0160. The van der Waals surface area contributed by atoms with Crippen molar-refractivity contribution in [3.63, 3.8) is 0 Å². The number of nitrogens with one attached hydrogen (secondary N) is 1. The summed E-state index contributed by atoms with van der Waals surface area (Å²) in [4.78, 5) is 3.68. The Bertz CT molecular complexity index is 695. The first-order valence-corrected chi connectivity index (χ1v) is 8.77. The zero-order valence-electron chi connectivity index (χ0n) is 10.0. The Labute approximate surface area is 111 Å². The SMILES string of the molecule is CS(=O)(=O)Nc1nc(S(N)(=O)=O)ccc1OC1CC1. The van der Waals surface area contributed by atoms with Gasteiger partial charge in [0.25, 0.3) is 10.0 Å². The molecule has 0 spiro atoms. The molecule has 1 aliphatic rings. The van der Waals surface area contributed by atoms with Gasteiger partial charge in [-0.1, -0.05) is 0 Å². The van der Waals surface area contributed by atoms with Crippen molar-refractivity contribution >= 4 is 25.9 Å². The fourth-order valence-corrected chi connectivity index (χ4v) is 2.27. The maximum absolute atomic E-state index is 11.2. The normalized spacial score (nSPS) is 16.1. The van der Waals surface area contributed by atoms with E-state index >= 15 is 0 Å². The van der Waals surface area contributed by atoms with Crippen LogP contribution in [0.2, 0.25) is 0 Å². The van der Waals surface area contributed by atoms with Crippen molar-refractivity contribution in [2.45, 2.75) is 24.0 Å². The van der Waals surface area contributed by atoms with E-state index in [0.29, 0.717) is 0 Å². The van der Waals surface area contributed by atoms with Crippen LogP contribution in [-0.4, -0.2) is 34.2 Å². The Kier molecular flexibility index (Phi) is 3.41. The summed E-state index contributed by atoms with van der Waals surface area (Å²) in [6.07, 6.45) is 2.69. The minimum atomic E-state index is -4.01. The molecule has 2 rings (SSSR count). The van der Waals surface area contributed by atoms with Crippen molar-refractivity contribution < 1.29 is 21.6 Å². The minimum Gasteiger partial charge on any atom is -0.487 e. The van der Waals surface area contributed by atoms with Crippen LogP contribution >= 0.6 is 0 Å². The molecule has 1 heterocycles. The van der Waals surface area contributed by atoms with Crippen molar-refractivity contribution in [2.24, 2.45) is 5.14 Å². The molecule has 0 amide bonds. The van der Waals surface area contributed by atoms with Gasteiger partial charge >= 0.3 is 0 Å². The van der Waals surface area contributed by atoms with E-state index in [1.54, 1.807) is 0 Å². The van der Waals surface area contributed by atoms with Crippen LogP contribution in [0.5, 0.6) is 5.75 Å². The van der Waals surface area contributed by atoms with Gasteiger partial charge in [-0.15, -0.1) is 0 Å². The van der Waals surface area contributed by atoms with E-state index in [9.17, 15) is 16.8 Å². The highest BCUT2D eigenvalue weighted by Crippen LogP contribution is 2.31. The van der Waals surface area contributed by atoms with Gasteiger partial charge in [0.05, 0.1) is 12.4 Å². The van der Waals surface area contributed by atoms with Crippen LogP contribution in [0.1, 0.15) is 12.8 Å². The first kappa shape index (κ1) is 14.0. The zero-order chi connectivity index (χ0) is 14.3. The molecule has 1 aliphatic carbocycles. The zero-order valence-corrected chi connectivity index (χ0v) is 11.7. The molecule has 106 valence electrons. The monoisotopic (exact) mass is 307 g/mol. The third-order valence-electron chi connectivity index (χ3n) is 2.22. The standard InChI is InChI=1S/C9H13N3O5S2/c1-18(13,14)12-9-7(17-6-2-3-6)4-5-8(11-9)19(10,15)16/h4-6H,2-3H2,1H3,(H,11,12)(H2,10,15,16). The molecule has 10 heteroatoms. The maximum Gasteiger partial charge on any atom is 0.255 e. The Morgan fingerprint density at radius 1 is 1.32 bits per heavy atom. The van der Waals surface area contributed by atoms with Crippen molar-refractivity contribution in [2.75, 3.05) is 11.0 Å². The van der Waals surface area contributed by atoms with Crippen molar-refractivity contribution in [1.82, 2.24) is 4.98 Å².